The first-order valence-corrected chi connectivity index (χ1v) is 8.85. The number of nitrogens with zero attached hydrogens (tertiary/aromatic N) is 2. The third kappa shape index (κ3) is 2.69. The summed E-state index contributed by atoms with van der Waals surface area (Å²) in [5.74, 6) is -0.197. The number of hydrogen-bond acceptors (Lipinski definition) is 5. The number of thiazole rings is 2. The van der Waals surface area contributed by atoms with Crippen LogP contribution in [0.3, 0.4) is 0 Å². The second-order valence-electron chi connectivity index (χ2n) is 4.97. The highest BCUT2D eigenvalue weighted by atomic mass is 35.5. The number of anilines is 1. The molecule has 7 heteroatoms. The SMILES string of the molecule is Cc1nc2ccc3nc(NC(=O)c4ccc(Cl)cc4)sc3c2s1. The number of benzene rings is 2. The van der Waals surface area contributed by atoms with Gasteiger partial charge in [0.05, 0.1) is 25.4 Å². The molecule has 0 fully saturated rings. The Kier molecular flexibility index (Phi) is 3.52. The molecule has 0 atom stereocenters. The number of halogens is 1. The van der Waals surface area contributed by atoms with Crippen LogP contribution in [0.2, 0.25) is 5.02 Å². The molecule has 2 aromatic carbocycles. The molecule has 0 aliphatic carbocycles. The van der Waals surface area contributed by atoms with Gasteiger partial charge in [-0.1, -0.05) is 22.9 Å². The molecule has 4 nitrogen and oxygen atoms in total. The Hall–Kier alpha value is -2.02. The molecule has 0 saturated carbocycles. The summed E-state index contributed by atoms with van der Waals surface area (Å²) in [5.41, 5.74) is 2.39. The van der Waals surface area contributed by atoms with E-state index in [0.717, 1.165) is 25.4 Å². The molecule has 0 saturated heterocycles. The van der Waals surface area contributed by atoms with Crippen LogP contribution in [0.15, 0.2) is 36.4 Å². The van der Waals surface area contributed by atoms with Crippen LogP contribution in [0.1, 0.15) is 15.4 Å². The Morgan fingerprint density at radius 3 is 2.39 bits per heavy atom. The molecule has 0 aliphatic heterocycles. The van der Waals surface area contributed by atoms with Gasteiger partial charge in [-0.05, 0) is 43.3 Å². The molecule has 2 aromatic heterocycles. The van der Waals surface area contributed by atoms with Gasteiger partial charge in [0.15, 0.2) is 5.13 Å². The zero-order chi connectivity index (χ0) is 16.0. The van der Waals surface area contributed by atoms with E-state index in [2.05, 4.69) is 15.3 Å². The number of amides is 1. The Morgan fingerprint density at radius 1 is 1.00 bits per heavy atom. The van der Waals surface area contributed by atoms with Crippen molar-refractivity contribution in [2.45, 2.75) is 6.92 Å². The van der Waals surface area contributed by atoms with Crippen molar-refractivity contribution in [3.8, 4) is 0 Å². The van der Waals surface area contributed by atoms with Crippen LogP contribution >= 0.6 is 34.3 Å². The van der Waals surface area contributed by atoms with Crippen LogP contribution in [0.5, 0.6) is 0 Å². The molecule has 2 heterocycles. The molecule has 0 bridgehead atoms. The summed E-state index contributed by atoms with van der Waals surface area (Å²) in [6.07, 6.45) is 0. The number of aromatic nitrogens is 2. The lowest BCUT2D eigenvalue weighted by atomic mass is 10.2. The van der Waals surface area contributed by atoms with Gasteiger partial charge in [0.1, 0.15) is 0 Å². The Morgan fingerprint density at radius 2 is 1.65 bits per heavy atom. The fourth-order valence-electron chi connectivity index (χ4n) is 2.31. The first-order chi connectivity index (χ1) is 11.1. The predicted molar refractivity (Wildman–Crippen MR) is 96.9 cm³/mol. The maximum absolute atomic E-state index is 12.3. The summed E-state index contributed by atoms with van der Waals surface area (Å²) < 4.78 is 2.17. The van der Waals surface area contributed by atoms with Gasteiger partial charge in [-0.25, -0.2) is 9.97 Å². The van der Waals surface area contributed by atoms with E-state index in [0.29, 0.717) is 15.7 Å². The zero-order valence-electron chi connectivity index (χ0n) is 12.0. The van der Waals surface area contributed by atoms with Gasteiger partial charge in [-0.15, -0.1) is 11.3 Å². The summed E-state index contributed by atoms with van der Waals surface area (Å²) >= 11 is 8.95. The van der Waals surface area contributed by atoms with Crippen molar-refractivity contribution < 1.29 is 4.79 Å². The van der Waals surface area contributed by atoms with Crippen molar-refractivity contribution in [1.29, 1.82) is 0 Å². The van der Waals surface area contributed by atoms with Crippen LogP contribution in [0.4, 0.5) is 5.13 Å². The first-order valence-electron chi connectivity index (χ1n) is 6.84. The topological polar surface area (TPSA) is 54.9 Å². The number of fused-ring (bicyclic) bond motifs is 3. The zero-order valence-corrected chi connectivity index (χ0v) is 14.4. The summed E-state index contributed by atoms with van der Waals surface area (Å²) in [6, 6.07) is 10.7. The first kappa shape index (κ1) is 14.6. The van der Waals surface area contributed by atoms with Gasteiger partial charge >= 0.3 is 0 Å². The predicted octanol–water partition coefficient (Wildman–Crippen LogP) is 5.12. The van der Waals surface area contributed by atoms with E-state index in [-0.39, 0.29) is 5.91 Å². The van der Waals surface area contributed by atoms with Gasteiger partial charge < -0.3 is 0 Å². The normalized spacial score (nSPS) is 11.2. The molecule has 114 valence electrons. The van der Waals surface area contributed by atoms with Gasteiger partial charge in [0, 0.05) is 10.6 Å². The summed E-state index contributed by atoms with van der Waals surface area (Å²) in [5, 5.41) is 5.05. The van der Waals surface area contributed by atoms with Gasteiger partial charge in [-0.3, -0.25) is 10.1 Å². The molecule has 0 aliphatic rings. The summed E-state index contributed by atoms with van der Waals surface area (Å²) in [6.45, 7) is 1.99. The number of carbonyl (C=O) groups is 1. The van der Waals surface area contributed by atoms with Crippen LogP contribution < -0.4 is 5.32 Å². The van der Waals surface area contributed by atoms with Crippen LogP contribution in [-0.2, 0) is 0 Å². The lowest BCUT2D eigenvalue weighted by Crippen LogP contribution is -2.11. The second-order valence-corrected chi connectivity index (χ2v) is 7.61. The Bertz CT molecular complexity index is 1040. The maximum atomic E-state index is 12.3. The molecule has 1 amide bonds. The lowest BCUT2D eigenvalue weighted by molar-refractivity contribution is 0.102. The average molecular weight is 360 g/mol. The summed E-state index contributed by atoms with van der Waals surface area (Å²) in [7, 11) is 0. The number of rotatable bonds is 2. The quantitative estimate of drug-likeness (QED) is 0.540. The van der Waals surface area contributed by atoms with Crippen LogP contribution in [0, 0.1) is 6.92 Å². The number of hydrogen-bond donors (Lipinski definition) is 1. The van der Waals surface area contributed by atoms with E-state index in [1.54, 1.807) is 35.6 Å². The van der Waals surface area contributed by atoms with E-state index in [1.807, 2.05) is 19.1 Å². The van der Waals surface area contributed by atoms with E-state index in [9.17, 15) is 4.79 Å². The molecule has 0 unspecified atom stereocenters. The van der Waals surface area contributed by atoms with E-state index in [4.69, 9.17) is 11.6 Å². The second kappa shape index (κ2) is 5.56. The van der Waals surface area contributed by atoms with Crippen LogP contribution in [0.25, 0.3) is 20.4 Å². The van der Waals surface area contributed by atoms with E-state index < -0.39 is 0 Å². The van der Waals surface area contributed by atoms with Gasteiger partial charge in [-0.2, -0.15) is 0 Å². The smallest absolute Gasteiger partial charge is 0.257 e. The van der Waals surface area contributed by atoms with Gasteiger partial charge in [0.25, 0.3) is 5.91 Å². The summed E-state index contributed by atoms with van der Waals surface area (Å²) in [4.78, 5) is 21.3. The number of nitrogens with one attached hydrogen (secondary N) is 1. The standard InChI is InChI=1S/C16H10ClN3OS2/c1-8-18-11-6-7-12-14(13(11)22-8)23-16(19-12)20-15(21)9-2-4-10(17)5-3-9/h2-7H,1H3,(H,19,20,21). The highest BCUT2D eigenvalue weighted by molar-refractivity contribution is 7.28. The van der Waals surface area contributed by atoms with Crippen molar-refractivity contribution in [1.82, 2.24) is 9.97 Å². The molecular formula is C16H10ClN3OS2. The number of carbonyl (C=O) groups excluding carboxylic acids is 1. The highest BCUT2D eigenvalue weighted by Gasteiger charge is 2.13. The average Bonchev–Trinajstić information content (AvgIpc) is 3.09. The third-order valence-electron chi connectivity index (χ3n) is 3.35. The Labute approximate surface area is 144 Å². The van der Waals surface area contributed by atoms with Crippen molar-refractivity contribution >= 4 is 65.7 Å². The molecule has 23 heavy (non-hydrogen) atoms. The van der Waals surface area contributed by atoms with Gasteiger partial charge in [0.2, 0.25) is 0 Å². The molecular weight excluding hydrogens is 350 g/mol. The monoisotopic (exact) mass is 359 g/mol. The molecule has 0 spiro atoms. The maximum Gasteiger partial charge on any atom is 0.257 e. The molecule has 1 N–H and O–H groups in total. The minimum Gasteiger partial charge on any atom is -0.298 e. The lowest BCUT2D eigenvalue weighted by Gasteiger charge is -2.01. The van der Waals surface area contributed by atoms with Crippen molar-refractivity contribution in [2.75, 3.05) is 5.32 Å². The molecule has 4 rings (SSSR count). The van der Waals surface area contributed by atoms with E-state index >= 15 is 0 Å². The van der Waals surface area contributed by atoms with Crippen molar-refractivity contribution in [2.24, 2.45) is 0 Å². The van der Waals surface area contributed by atoms with Crippen molar-refractivity contribution in [3.63, 3.8) is 0 Å². The molecule has 0 radical (unpaired) electrons. The van der Waals surface area contributed by atoms with E-state index in [1.165, 1.54) is 11.3 Å². The largest absolute Gasteiger partial charge is 0.298 e. The highest BCUT2D eigenvalue weighted by Crippen LogP contribution is 2.35. The third-order valence-corrected chi connectivity index (χ3v) is 5.74. The van der Waals surface area contributed by atoms with Crippen LogP contribution in [-0.4, -0.2) is 15.9 Å². The fraction of sp³-hybridized carbons (Fsp3) is 0.0625. The molecule has 4 aromatic rings. The minimum absolute atomic E-state index is 0.197. The van der Waals surface area contributed by atoms with Crippen molar-refractivity contribution in [3.05, 3.63) is 52.0 Å². The minimum atomic E-state index is -0.197. The Balaban J connectivity index is 1.70. The fourth-order valence-corrected chi connectivity index (χ4v) is 4.44. The number of aryl methyl sites for hydroxylation is 1.